The van der Waals surface area contributed by atoms with Gasteiger partial charge in [-0.15, -0.1) is 0 Å². The lowest BCUT2D eigenvalue weighted by molar-refractivity contribution is -0.161. The molecule has 0 radical (unpaired) electrons. The van der Waals surface area contributed by atoms with Crippen LogP contribution in [0.15, 0.2) is 72.9 Å². The fourth-order valence-corrected chi connectivity index (χ4v) is 6.28. The molecule has 0 aromatic carbocycles. The highest BCUT2D eigenvalue weighted by atomic mass is 31.2. The molecule has 0 aliphatic heterocycles. The number of unbranched alkanes of at least 4 members (excludes halogenated alkanes) is 18. The van der Waals surface area contributed by atoms with Crippen molar-refractivity contribution in [2.24, 2.45) is 0 Å². The van der Waals surface area contributed by atoms with E-state index >= 15 is 0 Å². The molecule has 0 spiro atoms. The van der Waals surface area contributed by atoms with Gasteiger partial charge in [0.1, 0.15) is 6.61 Å². The Morgan fingerprint density at radius 3 is 1.32 bits per heavy atom. The van der Waals surface area contributed by atoms with Gasteiger partial charge in [0.2, 0.25) is 0 Å². The molecule has 0 saturated carbocycles. The standard InChI is InChI=1S/C47H81O8P/c1-3-5-7-9-11-13-15-17-19-21-23-25-27-29-31-33-35-37-39-41-46(48)53-43-45(44-54-56(50,51)52)55-47(49)42-40-38-36-34-32-30-28-26-24-22-20-18-16-14-12-10-8-6-4-2/h6,8,12,14,17-20,24,26,30,32,45H,3-5,7,9-11,13,15-16,21-23,25,27-29,31,33-44H2,1-2H3,(H2,50,51,52)/b8-6-,14-12-,19-17-,20-18-,26-24-,32-30-/t45-/m1/s1. The van der Waals surface area contributed by atoms with Crippen LogP contribution in [0, 0.1) is 0 Å². The van der Waals surface area contributed by atoms with Crippen molar-refractivity contribution in [2.75, 3.05) is 13.2 Å². The van der Waals surface area contributed by atoms with Crippen molar-refractivity contribution in [1.29, 1.82) is 0 Å². The van der Waals surface area contributed by atoms with E-state index in [0.717, 1.165) is 70.6 Å². The Morgan fingerprint density at radius 2 is 0.857 bits per heavy atom. The molecule has 0 saturated heterocycles. The molecule has 322 valence electrons. The van der Waals surface area contributed by atoms with Gasteiger partial charge in [0.25, 0.3) is 0 Å². The number of carbonyl (C=O) groups is 2. The lowest BCUT2D eigenvalue weighted by Crippen LogP contribution is -2.29. The SMILES string of the molecule is CC/C=C\C/C=C\C/C=C\C/C=C\C/C=C\CCCCCC(=O)O[C@H](COC(=O)CCCCCCCCCCC/C=C\CCCCCCCC)COP(=O)(O)O. The third-order valence-corrected chi connectivity index (χ3v) is 9.69. The molecule has 8 nitrogen and oxygen atoms in total. The summed E-state index contributed by atoms with van der Waals surface area (Å²) in [5, 5.41) is 0. The van der Waals surface area contributed by atoms with Gasteiger partial charge in [-0.05, 0) is 83.5 Å². The highest BCUT2D eigenvalue weighted by Gasteiger charge is 2.22. The molecule has 0 bridgehead atoms. The summed E-state index contributed by atoms with van der Waals surface area (Å²) in [5.41, 5.74) is 0. The number of carbonyl (C=O) groups excluding carboxylic acids is 2. The monoisotopic (exact) mass is 805 g/mol. The largest absolute Gasteiger partial charge is 0.469 e. The van der Waals surface area contributed by atoms with Crippen LogP contribution in [-0.4, -0.2) is 41.0 Å². The van der Waals surface area contributed by atoms with Crippen LogP contribution in [0.1, 0.15) is 194 Å². The fourth-order valence-electron chi connectivity index (χ4n) is 5.92. The minimum atomic E-state index is -4.77. The molecular formula is C47H81O8P. The van der Waals surface area contributed by atoms with E-state index in [1.54, 1.807) is 0 Å². The first kappa shape index (κ1) is 53.5. The number of rotatable bonds is 40. The van der Waals surface area contributed by atoms with Crippen LogP contribution in [0.4, 0.5) is 0 Å². The van der Waals surface area contributed by atoms with Crippen molar-refractivity contribution in [3.63, 3.8) is 0 Å². The summed E-state index contributed by atoms with van der Waals surface area (Å²) >= 11 is 0. The molecule has 0 aromatic heterocycles. The van der Waals surface area contributed by atoms with E-state index in [0.29, 0.717) is 12.8 Å². The lowest BCUT2D eigenvalue weighted by Gasteiger charge is -2.18. The zero-order valence-electron chi connectivity index (χ0n) is 35.5. The minimum absolute atomic E-state index is 0.169. The number of hydrogen-bond acceptors (Lipinski definition) is 6. The number of ether oxygens (including phenoxy) is 2. The second kappa shape index (κ2) is 42.1. The zero-order valence-corrected chi connectivity index (χ0v) is 36.4. The van der Waals surface area contributed by atoms with E-state index < -0.39 is 32.5 Å². The first-order valence-corrected chi connectivity index (χ1v) is 23.8. The van der Waals surface area contributed by atoms with E-state index in [-0.39, 0.29) is 19.4 Å². The molecule has 0 fully saturated rings. The Hall–Kier alpha value is -2.51. The van der Waals surface area contributed by atoms with E-state index in [4.69, 9.17) is 19.3 Å². The maximum Gasteiger partial charge on any atom is 0.469 e. The number of esters is 2. The Balaban J connectivity index is 3.97. The zero-order chi connectivity index (χ0) is 41.1. The molecule has 0 amide bonds. The van der Waals surface area contributed by atoms with Crippen molar-refractivity contribution in [1.82, 2.24) is 0 Å². The first-order chi connectivity index (χ1) is 27.3. The highest BCUT2D eigenvalue weighted by Crippen LogP contribution is 2.36. The van der Waals surface area contributed by atoms with Gasteiger partial charge in [0.05, 0.1) is 6.61 Å². The topological polar surface area (TPSA) is 119 Å². The lowest BCUT2D eigenvalue weighted by atomic mass is 10.1. The van der Waals surface area contributed by atoms with Gasteiger partial charge in [0, 0.05) is 12.8 Å². The second-order valence-corrected chi connectivity index (χ2v) is 15.9. The Labute approximate surface area is 342 Å². The third kappa shape index (κ3) is 44.2. The molecule has 0 aliphatic carbocycles. The average Bonchev–Trinajstić information content (AvgIpc) is 3.17. The van der Waals surface area contributed by atoms with Gasteiger partial charge in [-0.3, -0.25) is 14.1 Å². The average molecular weight is 805 g/mol. The smallest absolute Gasteiger partial charge is 0.462 e. The van der Waals surface area contributed by atoms with Gasteiger partial charge in [-0.2, -0.15) is 0 Å². The van der Waals surface area contributed by atoms with Crippen LogP contribution >= 0.6 is 7.82 Å². The molecule has 0 unspecified atom stereocenters. The molecule has 9 heteroatoms. The normalized spacial score (nSPS) is 13.1. The molecular weight excluding hydrogens is 723 g/mol. The van der Waals surface area contributed by atoms with E-state index in [1.807, 2.05) is 0 Å². The van der Waals surface area contributed by atoms with Crippen LogP contribution in [0.2, 0.25) is 0 Å². The van der Waals surface area contributed by atoms with Crippen molar-refractivity contribution >= 4 is 19.8 Å². The Morgan fingerprint density at radius 1 is 0.482 bits per heavy atom. The van der Waals surface area contributed by atoms with Crippen LogP contribution < -0.4 is 0 Å². The van der Waals surface area contributed by atoms with E-state index in [1.165, 1.54) is 83.5 Å². The van der Waals surface area contributed by atoms with E-state index in [2.05, 4.69) is 91.3 Å². The second-order valence-electron chi connectivity index (χ2n) is 14.6. The van der Waals surface area contributed by atoms with Gasteiger partial charge in [-0.25, -0.2) is 4.57 Å². The molecule has 0 aliphatic rings. The molecule has 1 atom stereocenters. The predicted octanol–water partition coefficient (Wildman–Crippen LogP) is 13.9. The highest BCUT2D eigenvalue weighted by molar-refractivity contribution is 7.46. The number of phosphoric acid groups is 1. The predicted molar refractivity (Wildman–Crippen MR) is 234 cm³/mol. The maximum atomic E-state index is 12.4. The van der Waals surface area contributed by atoms with Crippen LogP contribution in [0.5, 0.6) is 0 Å². The minimum Gasteiger partial charge on any atom is -0.462 e. The summed E-state index contributed by atoms with van der Waals surface area (Å²) in [6.07, 6.45) is 54.8. The van der Waals surface area contributed by atoms with Crippen molar-refractivity contribution in [3.05, 3.63) is 72.9 Å². The third-order valence-electron chi connectivity index (χ3n) is 9.21. The summed E-state index contributed by atoms with van der Waals surface area (Å²) < 4.78 is 26.4. The quantitative estimate of drug-likeness (QED) is 0.0272. The van der Waals surface area contributed by atoms with Crippen molar-refractivity contribution in [3.8, 4) is 0 Å². The molecule has 0 aromatic rings. The summed E-state index contributed by atoms with van der Waals surface area (Å²) in [5.74, 6) is -0.927. The van der Waals surface area contributed by atoms with E-state index in [9.17, 15) is 14.2 Å². The maximum absolute atomic E-state index is 12.4. The number of allylic oxidation sites excluding steroid dienone is 12. The molecule has 0 heterocycles. The Kier molecular flexibility index (Phi) is 40.2. The molecule has 0 rings (SSSR count). The van der Waals surface area contributed by atoms with Crippen LogP contribution in [0.3, 0.4) is 0 Å². The van der Waals surface area contributed by atoms with Crippen molar-refractivity contribution < 1.29 is 37.9 Å². The fraction of sp³-hybridized carbons (Fsp3) is 0.702. The number of hydrogen-bond donors (Lipinski definition) is 2. The summed E-state index contributed by atoms with van der Waals surface area (Å²) in [6, 6.07) is 0. The van der Waals surface area contributed by atoms with Gasteiger partial charge in [0.15, 0.2) is 6.10 Å². The van der Waals surface area contributed by atoms with Crippen LogP contribution in [0.25, 0.3) is 0 Å². The van der Waals surface area contributed by atoms with Crippen molar-refractivity contribution in [2.45, 2.75) is 200 Å². The van der Waals surface area contributed by atoms with Gasteiger partial charge >= 0.3 is 19.8 Å². The van der Waals surface area contributed by atoms with Crippen LogP contribution in [-0.2, 0) is 28.2 Å². The molecule has 56 heavy (non-hydrogen) atoms. The summed E-state index contributed by atoms with van der Waals surface area (Å²) in [4.78, 5) is 42.9. The van der Waals surface area contributed by atoms with Gasteiger partial charge in [-0.1, -0.05) is 170 Å². The van der Waals surface area contributed by atoms with Gasteiger partial charge < -0.3 is 19.3 Å². The summed E-state index contributed by atoms with van der Waals surface area (Å²) in [7, 11) is -4.77. The molecule has 2 N–H and O–H groups in total. The Bertz CT molecular complexity index is 1130. The first-order valence-electron chi connectivity index (χ1n) is 22.2. The number of phosphoric ester groups is 1. The summed E-state index contributed by atoms with van der Waals surface area (Å²) in [6.45, 7) is 3.54.